The highest BCUT2D eigenvalue weighted by atomic mass is 35.5. The maximum absolute atomic E-state index is 5.64. The van der Waals surface area contributed by atoms with E-state index >= 15 is 0 Å². The van der Waals surface area contributed by atoms with Gasteiger partial charge in [-0.05, 0) is 30.5 Å². The molecule has 0 aromatic rings. The van der Waals surface area contributed by atoms with Crippen LogP contribution in [0.2, 0.25) is 0 Å². The van der Waals surface area contributed by atoms with Gasteiger partial charge in [0.1, 0.15) is 7.11 Å². The van der Waals surface area contributed by atoms with E-state index < -0.39 is 0 Å². The van der Waals surface area contributed by atoms with Crippen LogP contribution in [0.4, 0.5) is 0 Å². The molecule has 0 saturated carbocycles. The molecule has 0 rings (SSSR count). The summed E-state index contributed by atoms with van der Waals surface area (Å²) in [7, 11) is 1.44. The van der Waals surface area contributed by atoms with E-state index in [1.165, 1.54) is 7.11 Å². The molecular formula is C9H15ClN2O. The van der Waals surface area contributed by atoms with Crippen molar-refractivity contribution in [3.63, 3.8) is 0 Å². The van der Waals surface area contributed by atoms with Gasteiger partial charge in [0.05, 0.1) is 0 Å². The van der Waals surface area contributed by atoms with Crippen molar-refractivity contribution < 1.29 is 4.84 Å². The largest absolute Gasteiger partial charge is 0.397 e. The number of allylic oxidation sites excluding steroid dienone is 2. The second kappa shape index (κ2) is 7.80. The molecule has 0 unspecified atom stereocenters. The fourth-order valence-electron chi connectivity index (χ4n) is 0.702. The molecule has 3 nitrogen and oxygen atoms in total. The second-order valence-corrected chi connectivity index (χ2v) is 2.65. The Balaban J connectivity index is 4.37. The summed E-state index contributed by atoms with van der Waals surface area (Å²) < 4.78 is 0. The summed E-state index contributed by atoms with van der Waals surface area (Å²) in [6, 6.07) is 0. The van der Waals surface area contributed by atoms with Crippen LogP contribution >= 0.6 is 11.6 Å². The van der Waals surface area contributed by atoms with Crippen LogP contribution in [0, 0.1) is 0 Å². The molecule has 0 amide bonds. The lowest BCUT2D eigenvalue weighted by molar-refractivity contribution is 0.214. The molecule has 0 spiro atoms. The highest BCUT2D eigenvalue weighted by Crippen LogP contribution is 1.96. The van der Waals surface area contributed by atoms with E-state index in [1.54, 1.807) is 0 Å². The van der Waals surface area contributed by atoms with Crippen molar-refractivity contribution in [1.82, 2.24) is 0 Å². The predicted molar refractivity (Wildman–Crippen MR) is 57.5 cm³/mol. The lowest BCUT2D eigenvalue weighted by Gasteiger charge is -1.94. The van der Waals surface area contributed by atoms with Crippen LogP contribution < -0.4 is 0 Å². The van der Waals surface area contributed by atoms with Crippen molar-refractivity contribution in [3.8, 4) is 0 Å². The first-order chi connectivity index (χ1) is 6.24. The zero-order valence-corrected chi connectivity index (χ0v) is 9.01. The molecule has 13 heavy (non-hydrogen) atoms. The molecular weight excluding hydrogens is 188 g/mol. The van der Waals surface area contributed by atoms with Gasteiger partial charge in [-0.1, -0.05) is 25.1 Å². The number of amidine groups is 1. The normalized spacial score (nSPS) is 13.8. The number of aliphatic imine (C=N–C) groups is 1. The molecule has 0 N–H and O–H groups in total. The number of rotatable bonds is 4. The minimum Gasteiger partial charge on any atom is -0.397 e. The number of oxime groups is 1. The van der Waals surface area contributed by atoms with Gasteiger partial charge < -0.3 is 4.84 Å². The summed E-state index contributed by atoms with van der Waals surface area (Å²) in [4.78, 5) is 8.52. The van der Waals surface area contributed by atoms with Gasteiger partial charge in [-0.25, -0.2) is 4.99 Å². The van der Waals surface area contributed by atoms with Gasteiger partial charge in [-0.2, -0.15) is 0 Å². The van der Waals surface area contributed by atoms with Crippen LogP contribution in [0.1, 0.15) is 26.7 Å². The van der Waals surface area contributed by atoms with Gasteiger partial charge in [0, 0.05) is 5.71 Å². The highest BCUT2D eigenvalue weighted by Gasteiger charge is 1.93. The Kier molecular flexibility index (Phi) is 7.30. The van der Waals surface area contributed by atoms with Gasteiger partial charge in [-0.3, -0.25) is 0 Å². The minimum atomic E-state index is 0.125. The first-order valence-corrected chi connectivity index (χ1v) is 4.63. The molecule has 0 radical (unpaired) electrons. The fourth-order valence-corrected chi connectivity index (χ4v) is 0.880. The van der Waals surface area contributed by atoms with E-state index in [-0.39, 0.29) is 5.29 Å². The molecule has 74 valence electrons. The summed E-state index contributed by atoms with van der Waals surface area (Å²) in [5.74, 6) is 0. The van der Waals surface area contributed by atoms with Crippen LogP contribution in [0.15, 0.2) is 22.3 Å². The molecule has 0 aliphatic heterocycles. The van der Waals surface area contributed by atoms with Crippen molar-refractivity contribution in [3.05, 3.63) is 12.2 Å². The predicted octanol–water partition coefficient (Wildman–Crippen LogP) is 2.96. The Morgan fingerprint density at radius 1 is 1.46 bits per heavy atom. The maximum atomic E-state index is 5.64. The van der Waals surface area contributed by atoms with Gasteiger partial charge in [0.2, 0.25) is 0 Å². The first kappa shape index (κ1) is 12.2. The topological polar surface area (TPSA) is 34.0 Å². The fraction of sp³-hybridized carbons (Fsp3) is 0.556. The van der Waals surface area contributed by atoms with Crippen LogP contribution in [-0.2, 0) is 4.84 Å². The van der Waals surface area contributed by atoms with Crippen LogP contribution in [0.3, 0.4) is 0 Å². The molecule has 0 aliphatic rings. The van der Waals surface area contributed by atoms with Crippen molar-refractivity contribution in [2.75, 3.05) is 7.11 Å². The maximum Gasteiger partial charge on any atom is 0.260 e. The smallest absolute Gasteiger partial charge is 0.260 e. The van der Waals surface area contributed by atoms with E-state index in [0.717, 1.165) is 18.6 Å². The van der Waals surface area contributed by atoms with Crippen molar-refractivity contribution in [2.45, 2.75) is 26.7 Å². The molecule has 0 aromatic heterocycles. The van der Waals surface area contributed by atoms with E-state index in [4.69, 9.17) is 11.6 Å². The van der Waals surface area contributed by atoms with Crippen LogP contribution in [0.5, 0.6) is 0 Å². The van der Waals surface area contributed by atoms with Crippen molar-refractivity contribution >= 4 is 22.6 Å². The minimum absolute atomic E-state index is 0.125. The highest BCUT2D eigenvalue weighted by molar-refractivity contribution is 6.65. The Labute approximate surface area is 84.1 Å². The third-order valence-electron chi connectivity index (χ3n) is 1.31. The number of halogens is 1. The van der Waals surface area contributed by atoms with Gasteiger partial charge in [-0.15, -0.1) is 0 Å². The van der Waals surface area contributed by atoms with Crippen LogP contribution in [0.25, 0.3) is 0 Å². The third-order valence-corrected chi connectivity index (χ3v) is 1.46. The average Bonchev–Trinajstić information content (AvgIpc) is 2.12. The van der Waals surface area contributed by atoms with Gasteiger partial charge in [0.15, 0.2) is 0 Å². The SMILES string of the molecule is CC\C=C/C(CC)=N\C(Cl)=N/OC. The zero-order valence-electron chi connectivity index (χ0n) is 8.25. The Bertz CT molecular complexity index is 222. The van der Waals surface area contributed by atoms with Crippen LogP contribution in [-0.4, -0.2) is 18.1 Å². The zero-order chi connectivity index (χ0) is 10.1. The lowest BCUT2D eigenvalue weighted by atomic mass is 10.2. The summed E-state index contributed by atoms with van der Waals surface area (Å²) in [6.07, 6.45) is 5.77. The van der Waals surface area contributed by atoms with E-state index in [1.807, 2.05) is 19.1 Å². The van der Waals surface area contributed by atoms with Gasteiger partial charge in [0.25, 0.3) is 5.29 Å². The molecule has 0 fully saturated rings. The third kappa shape index (κ3) is 6.34. The summed E-state index contributed by atoms with van der Waals surface area (Å²) in [5, 5.41) is 3.61. The number of hydrogen-bond acceptors (Lipinski definition) is 2. The summed E-state index contributed by atoms with van der Waals surface area (Å²) in [6.45, 7) is 4.07. The lowest BCUT2D eigenvalue weighted by Crippen LogP contribution is -1.94. The first-order valence-electron chi connectivity index (χ1n) is 4.25. The second-order valence-electron chi connectivity index (χ2n) is 2.31. The number of nitrogens with zero attached hydrogens (tertiary/aromatic N) is 2. The van der Waals surface area contributed by atoms with Gasteiger partial charge >= 0.3 is 0 Å². The van der Waals surface area contributed by atoms with E-state index in [0.29, 0.717) is 0 Å². The van der Waals surface area contributed by atoms with E-state index in [9.17, 15) is 0 Å². The Hall–Kier alpha value is -0.830. The van der Waals surface area contributed by atoms with Crippen molar-refractivity contribution in [2.24, 2.45) is 10.1 Å². The summed E-state index contributed by atoms with van der Waals surface area (Å²) >= 11 is 5.64. The molecule has 0 heterocycles. The summed E-state index contributed by atoms with van der Waals surface area (Å²) in [5.41, 5.74) is 0.896. The molecule has 4 heteroatoms. The Morgan fingerprint density at radius 2 is 2.15 bits per heavy atom. The molecule has 0 aliphatic carbocycles. The Morgan fingerprint density at radius 3 is 2.62 bits per heavy atom. The van der Waals surface area contributed by atoms with Crippen molar-refractivity contribution in [1.29, 1.82) is 0 Å². The molecule has 0 saturated heterocycles. The van der Waals surface area contributed by atoms with E-state index in [2.05, 4.69) is 21.9 Å². The standard InChI is InChI=1S/C9H15ClN2O/c1-4-6-7-8(5-2)11-9(10)12-13-3/h6-7H,4-5H2,1-3H3/b7-6-,11-8-,12-9-. The quantitative estimate of drug-likeness (QED) is 0.299. The number of hydrogen-bond donors (Lipinski definition) is 0. The average molecular weight is 203 g/mol. The molecule has 0 bridgehead atoms. The molecule has 0 atom stereocenters. The molecule has 0 aromatic carbocycles. The monoisotopic (exact) mass is 202 g/mol.